The maximum Gasteiger partial charge on any atom is 0.349 e. The van der Waals surface area contributed by atoms with Crippen molar-refractivity contribution in [2.24, 2.45) is 0 Å². The molecule has 0 aliphatic rings. The molecular formula is C21H17ClN2O7. The molecule has 31 heavy (non-hydrogen) atoms. The Bertz CT molecular complexity index is 1240. The molecule has 1 aromatic heterocycles. The third-order valence-corrected chi connectivity index (χ3v) is 4.68. The van der Waals surface area contributed by atoms with Crippen molar-refractivity contribution in [3.05, 3.63) is 79.1 Å². The van der Waals surface area contributed by atoms with E-state index in [1.165, 1.54) is 36.4 Å². The maximum atomic E-state index is 12.3. The van der Waals surface area contributed by atoms with Gasteiger partial charge in [-0.3, -0.25) is 14.9 Å². The van der Waals surface area contributed by atoms with E-state index in [-0.39, 0.29) is 27.5 Å². The third kappa shape index (κ3) is 5.07. The third-order valence-electron chi connectivity index (χ3n) is 4.36. The second-order valence-corrected chi connectivity index (χ2v) is 6.98. The van der Waals surface area contributed by atoms with Gasteiger partial charge in [-0.1, -0.05) is 24.9 Å². The number of ether oxygens (including phenoxy) is 1. The van der Waals surface area contributed by atoms with E-state index in [9.17, 15) is 24.5 Å². The van der Waals surface area contributed by atoms with Crippen molar-refractivity contribution in [2.75, 3.05) is 6.54 Å². The zero-order valence-corrected chi connectivity index (χ0v) is 17.1. The molecule has 0 saturated heterocycles. The van der Waals surface area contributed by atoms with Gasteiger partial charge in [-0.15, -0.1) is 0 Å². The van der Waals surface area contributed by atoms with Gasteiger partial charge in [-0.2, -0.15) is 0 Å². The van der Waals surface area contributed by atoms with Crippen molar-refractivity contribution >= 4 is 40.1 Å². The number of nitrogens with zero attached hydrogens (tertiary/aromatic N) is 1. The molecule has 0 atom stereocenters. The van der Waals surface area contributed by atoms with Crippen LogP contribution in [0.15, 0.2) is 51.7 Å². The lowest BCUT2D eigenvalue weighted by Gasteiger charge is -2.07. The van der Waals surface area contributed by atoms with Crippen molar-refractivity contribution < 1.29 is 23.7 Å². The van der Waals surface area contributed by atoms with Gasteiger partial charge < -0.3 is 14.5 Å². The summed E-state index contributed by atoms with van der Waals surface area (Å²) in [6.07, 6.45) is 1.69. The molecular weight excluding hydrogens is 428 g/mol. The fourth-order valence-electron chi connectivity index (χ4n) is 2.73. The zero-order valence-electron chi connectivity index (χ0n) is 16.3. The van der Waals surface area contributed by atoms with Gasteiger partial charge in [0.25, 0.3) is 11.6 Å². The number of esters is 1. The smallest absolute Gasteiger partial charge is 0.349 e. The SMILES string of the molecule is CCCCNC(=O)c1cc2ccc(OC(=O)c3ccc(Cl)c([N+](=O)[O-])c3)cc2oc1=O. The van der Waals surface area contributed by atoms with Crippen LogP contribution in [-0.4, -0.2) is 23.3 Å². The van der Waals surface area contributed by atoms with Gasteiger partial charge in [0.2, 0.25) is 0 Å². The molecule has 0 spiro atoms. The molecule has 3 aromatic rings. The molecule has 0 fully saturated rings. The summed E-state index contributed by atoms with van der Waals surface area (Å²) in [6, 6.07) is 9.21. The van der Waals surface area contributed by atoms with Crippen LogP contribution in [0.1, 0.15) is 40.5 Å². The van der Waals surface area contributed by atoms with E-state index < -0.39 is 28.1 Å². The Morgan fingerprint density at radius 3 is 2.68 bits per heavy atom. The fraction of sp³-hybridized carbons (Fsp3) is 0.190. The van der Waals surface area contributed by atoms with Crippen molar-refractivity contribution in [3.63, 3.8) is 0 Å². The number of amides is 1. The van der Waals surface area contributed by atoms with Crippen LogP contribution in [0.2, 0.25) is 5.02 Å². The first-order chi connectivity index (χ1) is 14.8. The largest absolute Gasteiger partial charge is 0.423 e. The number of nitro benzene ring substituents is 1. The summed E-state index contributed by atoms with van der Waals surface area (Å²) in [5, 5.41) is 14.0. The molecule has 0 aliphatic heterocycles. The predicted octanol–water partition coefficient (Wildman–Crippen LogP) is 4.10. The number of nitrogens with one attached hydrogen (secondary N) is 1. The molecule has 1 heterocycles. The van der Waals surface area contributed by atoms with Crippen LogP contribution >= 0.6 is 11.6 Å². The number of fused-ring (bicyclic) bond motifs is 1. The average Bonchev–Trinajstić information content (AvgIpc) is 2.73. The molecule has 0 aliphatic carbocycles. The minimum atomic E-state index is -0.853. The van der Waals surface area contributed by atoms with Crippen LogP contribution in [0, 0.1) is 10.1 Å². The van der Waals surface area contributed by atoms with E-state index in [0.717, 1.165) is 18.9 Å². The number of nitro groups is 1. The van der Waals surface area contributed by atoms with Crippen LogP contribution in [0.25, 0.3) is 11.0 Å². The predicted molar refractivity (Wildman–Crippen MR) is 113 cm³/mol. The summed E-state index contributed by atoms with van der Waals surface area (Å²) in [7, 11) is 0. The number of halogens is 1. The van der Waals surface area contributed by atoms with Gasteiger partial charge in [0.05, 0.1) is 10.5 Å². The summed E-state index contributed by atoms with van der Waals surface area (Å²) in [5.74, 6) is -1.32. The molecule has 160 valence electrons. The lowest BCUT2D eigenvalue weighted by atomic mass is 10.1. The van der Waals surface area contributed by atoms with E-state index in [0.29, 0.717) is 11.9 Å². The van der Waals surface area contributed by atoms with Crippen molar-refractivity contribution in [1.29, 1.82) is 0 Å². The quantitative estimate of drug-likeness (QED) is 0.145. The number of hydrogen-bond donors (Lipinski definition) is 1. The molecule has 0 saturated carbocycles. The van der Waals surface area contributed by atoms with Crippen LogP contribution in [0.5, 0.6) is 5.75 Å². The van der Waals surface area contributed by atoms with E-state index in [2.05, 4.69) is 5.32 Å². The van der Waals surface area contributed by atoms with Crippen LogP contribution in [0.4, 0.5) is 5.69 Å². The Balaban J connectivity index is 1.83. The molecule has 0 bridgehead atoms. The molecule has 10 heteroatoms. The maximum absolute atomic E-state index is 12.3. The number of carbonyl (C=O) groups is 2. The van der Waals surface area contributed by atoms with Gasteiger partial charge >= 0.3 is 11.6 Å². The van der Waals surface area contributed by atoms with Crippen molar-refractivity contribution in [3.8, 4) is 5.75 Å². The van der Waals surface area contributed by atoms with E-state index in [1.807, 2.05) is 6.92 Å². The second kappa shape index (κ2) is 9.40. The highest BCUT2D eigenvalue weighted by atomic mass is 35.5. The molecule has 0 radical (unpaired) electrons. The first-order valence-electron chi connectivity index (χ1n) is 9.32. The number of hydrogen-bond acceptors (Lipinski definition) is 7. The van der Waals surface area contributed by atoms with Gasteiger partial charge in [0.15, 0.2) is 0 Å². The molecule has 0 unspecified atom stereocenters. The lowest BCUT2D eigenvalue weighted by molar-refractivity contribution is -0.384. The number of carbonyl (C=O) groups excluding carboxylic acids is 2. The van der Waals surface area contributed by atoms with Crippen LogP contribution in [0.3, 0.4) is 0 Å². The van der Waals surface area contributed by atoms with Crippen molar-refractivity contribution in [1.82, 2.24) is 5.32 Å². The summed E-state index contributed by atoms with van der Waals surface area (Å²) in [6.45, 7) is 2.43. The average molecular weight is 445 g/mol. The summed E-state index contributed by atoms with van der Waals surface area (Å²) in [5.41, 5.74) is -1.33. The Hall–Kier alpha value is -3.72. The Morgan fingerprint density at radius 2 is 1.97 bits per heavy atom. The van der Waals surface area contributed by atoms with Gasteiger partial charge in [-0.05, 0) is 36.8 Å². The molecule has 1 amide bonds. The standard InChI is InChI=1S/C21H17ClN2O7/c1-2-3-8-23-19(25)15-9-12-4-6-14(11-18(12)31-21(15)27)30-20(26)13-5-7-16(22)17(10-13)24(28)29/h4-7,9-11H,2-3,8H2,1H3,(H,23,25). The van der Waals surface area contributed by atoms with E-state index in [4.69, 9.17) is 20.8 Å². The van der Waals surface area contributed by atoms with Gasteiger partial charge in [0.1, 0.15) is 21.9 Å². The Labute approximate surface area is 180 Å². The molecule has 3 rings (SSSR count). The topological polar surface area (TPSA) is 129 Å². The van der Waals surface area contributed by atoms with Gasteiger partial charge in [-0.25, -0.2) is 9.59 Å². The van der Waals surface area contributed by atoms with Crippen LogP contribution < -0.4 is 15.7 Å². The van der Waals surface area contributed by atoms with Crippen molar-refractivity contribution in [2.45, 2.75) is 19.8 Å². The monoisotopic (exact) mass is 444 g/mol. The Morgan fingerprint density at radius 1 is 1.19 bits per heavy atom. The van der Waals surface area contributed by atoms with E-state index in [1.54, 1.807) is 0 Å². The first-order valence-corrected chi connectivity index (χ1v) is 9.70. The minimum absolute atomic E-state index is 0.0541. The van der Waals surface area contributed by atoms with E-state index >= 15 is 0 Å². The minimum Gasteiger partial charge on any atom is -0.423 e. The normalized spacial score (nSPS) is 10.6. The summed E-state index contributed by atoms with van der Waals surface area (Å²) in [4.78, 5) is 46.9. The summed E-state index contributed by atoms with van der Waals surface area (Å²) >= 11 is 5.74. The zero-order chi connectivity index (χ0) is 22.5. The number of unbranched alkanes of at least 4 members (excludes halogenated alkanes) is 1. The highest BCUT2D eigenvalue weighted by molar-refractivity contribution is 6.32. The fourth-order valence-corrected chi connectivity index (χ4v) is 2.92. The number of benzene rings is 2. The second-order valence-electron chi connectivity index (χ2n) is 6.57. The summed E-state index contributed by atoms with van der Waals surface area (Å²) < 4.78 is 10.4. The number of rotatable bonds is 7. The lowest BCUT2D eigenvalue weighted by Crippen LogP contribution is -2.28. The van der Waals surface area contributed by atoms with Gasteiger partial charge in [0, 0.05) is 24.1 Å². The van der Waals surface area contributed by atoms with Crippen LogP contribution in [-0.2, 0) is 0 Å². The molecule has 2 aromatic carbocycles. The first kappa shape index (κ1) is 22.0. The Kier molecular flexibility index (Phi) is 6.66. The highest BCUT2D eigenvalue weighted by Crippen LogP contribution is 2.26. The molecule has 1 N–H and O–H groups in total. The molecule has 9 nitrogen and oxygen atoms in total. The highest BCUT2D eigenvalue weighted by Gasteiger charge is 2.18.